The summed E-state index contributed by atoms with van der Waals surface area (Å²) < 4.78 is 22.2. The second-order valence-corrected chi connectivity index (χ2v) is 6.25. The molecule has 3 N–H and O–H groups in total. The maximum Gasteiger partial charge on any atom is 0.311 e. The summed E-state index contributed by atoms with van der Waals surface area (Å²) in [5.41, 5.74) is 2.07. The van der Waals surface area contributed by atoms with Crippen LogP contribution in [-0.4, -0.2) is 43.9 Å². The van der Waals surface area contributed by atoms with Crippen LogP contribution in [0.1, 0.15) is 0 Å². The van der Waals surface area contributed by atoms with Crippen molar-refractivity contribution in [3.05, 3.63) is 22.2 Å². The summed E-state index contributed by atoms with van der Waals surface area (Å²) in [6.07, 6.45) is 1.10. The summed E-state index contributed by atoms with van der Waals surface area (Å²) in [4.78, 5) is 15.7. The van der Waals surface area contributed by atoms with E-state index in [1.165, 1.54) is 24.1 Å². The third kappa shape index (κ3) is 4.34. The highest BCUT2D eigenvalue weighted by atomic mass is 32.2. The van der Waals surface area contributed by atoms with Crippen LogP contribution in [0.2, 0.25) is 0 Å². The monoisotopic (exact) mass is 289 g/mol. The number of nitro groups is 1. The first-order valence-electron chi connectivity index (χ1n) is 5.25. The van der Waals surface area contributed by atoms with E-state index in [1.807, 2.05) is 0 Å². The zero-order valence-electron chi connectivity index (χ0n) is 10.5. The number of nitrogen functional groups attached to an aromatic ring is 1. The predicted molar refractivity (Wildman–Crippen MR) is 71.7 cm³/mol. The second-order valence-electron chi connectivity index (χ2n) is 3.99. The van der Waals surface area contributed by atoms with E-state index in [4.69, 9.17) is 5.84 Å². The molecule has 0 aliphatic carbocycles. The number of sulfone groups is 1. The Kier molecular flexibility index (Phi) is 4.62. The number of nitrogens with two attached hydrogens (primary N) is 1. The highest BCUT2D eigenvalue weighted by Crippen LogP contribution is 2.26. The molecule has 0 bridgehead atoms. The SMILES string of the molecule is CN(CCS(C)(=O)=O)c1nc(NN)ccc1[N+](=O)[O-]. The summed E-state index contributed by atoms with van der Waals surface area (Å²) in [5, 5.41) is 10.9. The first-order chi connectivity index (χ1) is 8.74. The molecule has 1 heterocycles. The Hall–Kier alpha value is -1.94. The minimum absolute atomic E-state index is 0.0594. The van der Waals surface area contributed by atoms with Gasteiger partial charge < -0.3 is 10.3 Å². The van der Waals surface area contributed by atoms with E-state index >= 15 is 0 Å². The van der Waals surface area contributed by atoms with Gasteiger partial charge in [0.1, 0.15) is 15.7 Å². The molecule has 9 nitrogen and oxygen atoms in total. The van der Waals surface area contributed by atoms with Gasteiger partial charge in [-0.05, 0) is 6.07 Å². The summed E-state index contributed by atoms with van der Waals surface area (Å²) in [6.45, 7) is 0.0979. The molecule has 0 amide bonds. The fraction of sp³-hybridized carbons (Fsp3) is 0.444. The van der Waals surface area contributed by atoms with Crippen LogP contribution in [0, 0.1) is 10.1 Å². The minimum atomic E-state index is -3.16. The van der Waals surface area contributed by atoms with E-state index < -0.39 is 14.8 Å². The van der Waals surface area contributed by atoms with Crippen molar-refractivity contribution in [3.63, 3.8) is 0 Å². The van der Waals surface area contributed by atoms with Gasteiger partial charge in [-0.15, -0.1) is 0 Å². The number of hydrazine groups is 1. The van der Waals surface area contributed by atoms with E-state index in [-0.39, 0.29) is 29.6 Å². The van der Waals surface area contributed by atoms with Crippen molar-refractivity contribution in [2.75, 3.05) is 35.9 Å². The van der Waals surface area contributed by atoms with Crippen LogP contribution in [0.4, 0.5) is 17.3 Å². The zero-order valence-corrected chi connectivity index (χ0v) is 11.3. The van der Waals surface area contributed by atoms with E-state index in [0.717, 1.165) is 6.26 Å². The van der Waals surface area contributed by atoms with Crippen molar-refractivity contribution in [1.29, 1.82) is 0 Å². The smallest absolute Gasteiger partial charge is 0.311 e. The molecule has 106 valence electrons. The highest BCUT2D eigenvalue weighted by Gasteiger charge is 2.20. The Bertz CT molecular complexity index is 574. The number of nitrogens with zero attached hydrogens (tertiary/aromatic N) is 3. The van der Waals surface area contributed by atoms with Crippen molar-refractivity contribution in [3.8, 4) is 0 Å². The molecule has 0 spiro atoms. The number of hydrogen-bond acceptors (Lipinski definition) is 8. The van der Waals surface area contributed by atoms with Crippen LogP contribution in [0.25, 0.3) is 0 Å². The quantitative estimate of drug-likeness (QED) is 0.416. The lowest BCUT2D eigenvalue weighted by Gasteiger charge is -2.17. The molecular formula is C9H15N5O4S. The first kappa shape index (κ1) is 15.1. The topological polar surface area (TPSA) is 131 Å². The lowest BCUT2D eigenvalue weighted by atomic mass is 10.3. The Morgan fingerprint density at radius 2 is 2.16 bits per heavy atom. The van der Waals surface area contributed by atoms with E-state index in [9.17, 15) is 18.5 Å². The van der Waals surface area contributed by atoms with Crippen LogP contribution in [0.5, 0.6) is 0 Å². The first-order valence-corrected chi connectivity index (χ1v) is 7.31. The summed E-state index contributed by atoms with van der Waals surface area (Å²) in [7, 11) is -1.63. The van der Waals surface area contributed by atoms with Crippen molar-refractivity contribution in [2.24, 2.45) is 5.84 Å². The average Bonchev–Trinajstić information content (AvgIpc) is 2.34. The van der Waals surface area contributed by atoms with Gasteiger partial charge in [0.15, 0.2) is 0 Å². The molecule has 0 aliphatic rings. The van der Waals surface area contributed by atoms with Gasteiger partial charge in [0.2, 0.25) is 5.82 Å². The molecule has 0 unspecified atom stereocenters. The van der Waals surface area contributed by atoms with Crippen molar-refractivity contribution in [2.45, 2.75) is 0 Å². The summed E-state index contributed by atoms with van der Waals surface area (Å²) >= 11 is 0. The van der Waals surface area contributed by atoms with Crippen LogP contribution < -0.4 is 16.2 Å². The van der Waals surface area contributed by atoms with E-state index in [0.29, 0.717) is 0 Å². The lowest BCUT2D eigenvalue weighted by molar-refractivity contribution is -0.384. The summed E-state index contributed by atoms with van der Waals surface area (Å²) in [5.74, 6) is 5.38. The molecule has 0 radical (unpaired) electrons. The fourth-order valence-electron chi connectivity index (χ4n) is 1.35. The van der Waals surface area contributed by atoms with Gasteiger partial charge >= 0.3 is 5.69 Å². The molecule has 19 heavy (non-hydrogen) atoms. The largest absolute Gasteiger partial charge is 0.353 e. The highest BCUT2D eigenvalue weighted by molar-refractivity contribution is 7.90. The second kappa shape index (κ2) is 5.80. The zero-order chi connectivity index (χ0) is 14.6. The van der Waals surface area contributed by atoms with Crippen molar-refractivity contribution < 1.29 is 13.3 Å². The fourth-order valence-corrected chi connectivity index (χ4v) is 1.96. The third-order valence-corrected chi connectivity index (χ3v) is 3.28. The Morgan fingerprint density at radius 3 is 2.63 bits per heavy atom. The molecule has 10 heteroatoms. The maximum atomic E-state index is 11.1. The maximum absolute atomic E-state index is 11.1. The van der Waals surface area contributed by atoms with Crippen LogP contribution >= 0.6 is 0 Å². The van der Waals surface area contributed by atoms with E-state index in [2.05, 4.69) is 10.4 Å². The molecule has 0 aromatic carbocycles. The predicted octanol–water partition coefficient (Wildman–Crippen LogP) is -0.244. The average molecular weight is 289 g/mol. The number of aromatic nitrogens is 1. The van der Waals surface area contributed by atoms with Crippen molar-refractivity contribution >= 4 is 27.2 Å². The van der Waals surface area contributed by atoms with Gasteiger partial charge in [0, 0.05) is 25.9 Å². The molecule has 0 atom stereocenters. The normalized spacial score (nSPS) is 11.1. The van der Waals surface area contributed by atoms with Gasteiger partial charge in [-0.2, -0.15) is 0 Å². The van der Waals surface area contributed by atoms with Gasteiger partial charge in [0.25, 0.3) is 0 Å². The molecular weight excluding hydrogens is 274 g/mol. The van der Waals surface area contributed by atoms with Crippen LogP contribution in [0.3, 0.4) is 0 Å². The number of anilines is 2. The lowest BCUT2D eigenvalue weighted by Crippen LogP contribution is -2.26. The molecule has 1 rings (SSSR count). The molecule has 0 aliphatic heterocycles. The Balaban J connectivity index is 3.05. The molecule has 0 saturated heterocycles. The standard InChI is InChI=1S/C9H15N5O4S/c1-13(5-6-19(2,17)18)9-7(14(15)16)3-4-8(11-9)12-10/h3-4H,5-6,10H2,1-2H3,(H,11,12). The Morgan fingerprint density at radius 1 is 1.53 bits per heavy atom. The van der Waals surface area contributed by atoms with E-state index in [1.54, 1.807) is 0 Å². The number of rotatable bonds is 6. The van der Waals surface area contributed by atoms with Crippen LogP contribution in [0.15, 0.2) is 12.1 Å². The van der Waals surface area contributed by atoms with Crippen molar-refractivity contribution in [1.82, 2.24) is 4.98 Å². The van der Waals surface area contributed by atoms with Gasteiger partial charge in [-0.3, -0.25) is 10.1 Å². The van der Waals surface area contributed by atoms with Gasteiger partial charge in [0.05, 0.1) is 10.7 Å². The van der Waals surface area contributed by atoms with Gasteiger partial charge in [-0.25, -0.2) is 19.2 Å². The van der Waals surface area contributed by atoms with Crippen LogP contribution in [-0.2, 0) is 9.84 Å². The molecule has 0 fully saturated rings. The Labute approximate surface area is 110 Å². The molecule has 1 aromatic heterocycles. The molecule has 1 aromatic rings. The van der Waals surface area contributed by atoms with Gasteiger partial charge in [-0.1, -0.05) is 0 Å². The number of pyridine rings is 1. The molecule has 0 saturated carbocycles. The number of nitrogens with one attached hydrogen (secondary N) is 1. The summed E-state index contributed by atoms with van der Waals surface area (Å²) in [6, 6.07) is 2.63. The third-order valence-electron chi connectivity index (χ3n) is 2.36. The number of hydrogen-bond donors (Lipinski definition) is 2. The minimum Gasteiger partial charge on any atom is -0.353 e.